The highest BCUT2D eigenvalue weighted by Crippen LogP contribution is 2.25. The molecule has 0 aliphatic carbocycles. The topological polar surface area (TPSA) is 48.4 Å². The summed E-state index contributed by atoms with van der Waals surface area (Å²) in [4.78, 5) is 0. The molecule has 5 heteroatoms. The van der Waals surface area contributed by atoms with Crippen LogP contribution in [0, 0.1) is 0 Å². The Morgan fingerprint density at radius 1 is 1.42 bits per heavy atom. The average molecular weight is 186 g/mol. The fourth-order valence-corrected chi connectivity index (χ4v) is 0.853. The number of hydrogen-bond acceptors (Lipinski definition) is 4. The van der Waals surface area contributed by atoms with E-state index in [0.29, 0.717) is 11.7 Å². The summed E-state index contributed by atoms with van der Waals surface area (Å²) in [6, 6.07) is 3.19. The summed E-state index contributed by atoms with van der Waals surface area (Å²) in [5.74, 6) is 0.782. The standard InChI is InChI=1S/C7H4ClNO3/c8-6-1-2-7(12-6)11-5-3-9-10-4-5/h1-4H. The molecule has 0 saturated carbocycles. The molecule has 0 atom stereocenters. The van der Waals surface area contributed by atoms with Gasteiger partial charge in [0.1, 0.15) is 6.20 Å². The monoisotopic (exact) mass is 185 g/mol. The van der Waals surface area contributed by atoms with Gasteiger partial charge < -0.3 is 13.7 Å². The van der Waals surface area contributed by atoms with Crippen molar-refractivity contribution in [1.82, 2.24) is 5.16 Å². The van der Waals surface area contributed by atoms with Crippen molar-refractivity contribution in [2.45, 2.75) is 0 Å². The fraction of sp³-hybridized carbons (Fsp3) is 0. The highest BCUT2D eigenvalue weighted by molar-refractivity contribution is 6.28. The first-order chi connectivity index (χ1) is 5.84. The van der Waals surface area contributed by atoms with E-state index in [4.69, 9.17) is 20.8 Å². The van der Waals surface area contributed by atoms with Gasteiger partial charge in [-0.05, 0) is 11.6 Å². The van der Waals surface area contributed by atoms with Gasteiger partial charge in [0, 0.05) is 12.1 Å². The molecule has 2 heterocycles. The molecular formula is C7H4ClNO3. The first kappa shape index (κ1) is 7.24. The number of aromatic nitrogens is 1. The molecule has 0 fully saturated rings. The van der Waals surface area contributed by atoms with E-state index < -0.39 is 0 Å². The van der Waals surface area contributed by atoms with E-state index in [9.17, 15) is 0 Å². The fourth-order valence-electron chi connectivity index (χ4n) is 0.714. The number of furan rings is 1. The minimum atomic E-state index is 0.279. The van der Waals surface area contributed by atoms with Crippen molar-refractivity contribution >= 4 is 11.6 Å². The van der Waals surface area contributed by atoms with E-state index >= 15 is 0 Å². The van der Waals surface area contributed by atoms with Crippen LogP contribution in [0.1, 0.15) is 0 Å². The van der Waals surface area contributed by atoms with Crippen LogP contribution in [0.3, 0.4) is 0 Å². The molecule has 2 aromatic heterocycles. The maximum Gasteiger partial charge on any atom is 0.291 e. The highest BCUT2D eigenvalue weighted by atomic mass is 35.5. The summed E-state index contributed by atoms with van der Waals surface area (Å²) >= 11 is 5.51. The van der Waals surface area contributed by atoms with Gasteiger partial charge in [-0.25, -0.2) is 0 Å². The number of rotatable bonds is 2. The Morgan fingerprint density at radius 2 is 2.33 bits per heavy atom. The third-order valence-corrected chi connectivity index (χ3v) is 1.38. The summed E-state index contributed by atoms with van der Waals surface area (Å²) in [6.45, 7) is 0. The Labute approximate surface area is 72.7 Å². The van der Waals surface area contributed by atoms with Crippen LogP contribution >= 0.6 is 11.6 Å². The molecule has 0 radical (unpaired) electrons. The third-order valence-electron chi connectivity index (χ3n) is 1.18. The number of nitrogens with zero attached hydrogens (tertiary/aromatic N) is 1. The molecule has 0 bridgehead atoms. The lowest BCUT2D eigenvalue weighted by molar-refractivity contribution is 0.342. The molecular weight excluding hydrogens is 182 g/mol. The molecule has 0 aliphatic rings. The molecule has 2 aromatic rings. The zero-order valence-electron chi connectivity index (χ0n) is 5.86. The van der Waals surface area contributed by atoms with E-state index in [-0.39, 0.29) is 5.22 Å². The van der Waals surface area contributed by atoms with Gasteiger partial charge >= 0.3 is 0 Å². The quantitative estimate of drug-likeness (QED) is 0.722. The van der Waals surface area contributed by atoms with Crippen LogP contribution in [0.15, 0.2) is 33.5 Å². The van der Waals surface area contributed by atoms with Crippen LogP contribution in [0.4, 0.5) is 0 Å². The van der Waals surface area contributed by atoms with E-state index in [1.807, 2.05) is 0 Å². The Bertz CT molecular complexity index is 354. The van der Waals surface area contributed by atoms with Crippen molar-refractivity contribution in [3.8, 4) is 11.7 Å². The van der Waals surface area contributed by atoms with E-state index in [1.54, 1.807) is 12.1 Å². The number of halogens is 1. The minimum Gasteiger partial charge on any atom is -0.421 e. The van der Waals surface area contributed by atoms with Crippen molar-refractivity contribution in [2.24, 2.45) is 0 Å². The van der Waals surface area contributed by atoms with Crippen LogP contribution in [0.2, 0.25) is 5.22 Å². The van der Waals surface area contributed by atoms with Crippen LogP contribution in [0.25, 0.3) is 0 Å². The van der Waals surface area contributed by atoms with E-state index in [0.717, 1.165) is 0 Å². The Kier molecular flexibility index (Phi) is 1.75. The second-order valence-electron chi connectivity index (χ2n) is 2.02. The van der Waals surface area contributed by atoms with Gasteiger partial charge in [0.2, 0.25) is 0 Å². The number of ether oxygens (including phenoxy) is 1. The molecule has 0 aliphatic heterocycles. The SMILES string of the molecule is Clc1ccc(Oc2cnoc2)o1. The van der Waals surface area contributed by atoms with Gasteiger partial charge in [-0.1, -0.05) is 5.16 Å². The average Bonchev–Trinajstić information content (AvgIpc) is 2.63. The van der Waals surface area contributed by atoms with Gasteiger partial charge in [-0.3, -0.25) is 0 Å². The maximum absolute atomic E-state index is 5.51. The maximum atomic E-state index is 5.51. The van der Waals surface area contributed by atoms with Crippen LogP contribution < -0.4 is 4.74 Å². The lowest BCUT2D eigenvalue weighted by Gasteiger charge is -1.93. The summed E-state index contributed by atoms with van der Waals surface area (Å²) < 4.78 is 14.6. The zero-order chi connectivity index (χ0) is 8.39. The molecule has 0 saturated heterocycles. The van der Waals surface area contributed by atoms with Crippen LogP contribution in [0.5, 0.6) is 11.7 Å². The van der Waals surface area contributed by atoms with Crippen molar-refractivity contribution < 1.29 is 13.7 Å². The molecule has 2 rings (SSSR count). The summed E-state index contributed by atoms with van der Waals surface area (Å²) in [5.41, 5.74) is 0. The zero-order valence-corrected chi connectivity index (χ0v) is 6.62. The van der Waals surface area contributed by atoms with Gasteiger partial charge in [-0.15, -0.1) is 0 Å². The van der Waals surface area contributed by atoms with E-state index in [1.165, 1.54) is 12.5 Å². The number of hydrogen-bond donors (Lipinski definition) is 0. The molecule has 62 valence electrons. The lowest BCUT2D eigenvalue weighted by atomic mass is 10.6. The largest absolute Gasteiger partial charge is 0.421 e. The van der Waals surface area contributed by atoms with Crippen LogP contribution in [-0.2, 0) is 0 Å². The van der Waals surface area contributed by atoms with Crippen molar-refractivity contribution in [3.63, 3.8) is 0 Å². The molecule has 4 nitrogen and oxygen atoms in total. The predicted molar refractivity (Wildman–Crippen MR) is 40.3 cm³/mol. The molecule has 0 amide bonds. The van der Waals surface area contributed by atoms with Crippen molar-refractivity contribution in [2.75, 3.05) is 0 Å². The Hall–Kier alpha value is -1.42. The van der Waals surface area contributed by atoms with Crippen molar-refractivity contribution in [1.29, 1.82) is 0 Å². The molecule has 0 unspecified atom stereocenters. The first-order valence-corrected chi connectivity index (χ1v) is 3.55. The van der Waals surface area contributed by atoms with Gasteiger partial charge in [0.15, 0.2) is 17.2 Å². The molecule has 12 heavy (non-hydrogen) atoms. The van der Waals surface area contributed by atoms with Gasteiger partial charge in [0.25, 0.3) is 5.95 Å². The molecule has 0 spiro atoms. The smallest absolute Gasteiger partial charge is 0.291 e. The van der Waals surface area contributed by atoms with Gasteiger partial charge in [0.05, 0.1) is 0 Å². The van der Waals surface area contributed by atoms with Crippen molar-refractivity contribution in [3.05, 3.63) is 29.8 Å². The third kappa shape index (κ3) is 1.43. The molecule has 0 aromatic carbocycles. The lowest BCUT2D eigenvalue weighted by Crippen LogP contribution is -1.76. The molecule has 0 N–H and O–H groups in total. The van der Waals surface area contributed by atoms with E-state index in [2.05, 4.69) is 9.68 Å². The summed E-state index contributed by atoms with van der Waals surface area (Å²) in [7, 11) is 0. The normalized spacial score (nSPS) is 10.1. The second kappa shape index (κ2) is 2.91. The minimum absolute atomic E-state index is 0.279. The first-order valence-electron chi connectivity index (χ1n) is 3.17. The Morgan fingerprint density at radius 3 is 2.92 bits per heavy atom. The second-order valence-corrected chi connectivity index (χ2v) is 2.39. The summed E-state index contributed by atoms with van der Waals surface area (Å²) in [6.07, 6.45) is 2.78. The highest BCUT2D eigenvalue weighted by Gasteiger charge is 2.03. The summed E-state index contributed by atoms with van der Waals surface area (Å²) in [5, 5.41) is 3.73. The van der Waals surface area contributed by atoms with Gasteiger partial charge in [-0.2, -0.15) is 0 Å². The Balaban J connectivity index is 2.14. The predicted octanol–water partition coefficient (Wildman–Crippen LogP) is 2.71. The van der Waals surface area contributed by atoms with Crippen LogP contribution in [-0.4, -0.2) is 5.16 Å².